The standard InChI is InChI=1S/C14H7BrN2O5/c15-9-3-1-8(2-4-9)13-16-11(14(18)22-13)7-10-5-6-12(21-10)17(19)20/h1-7H/b11-7-. The van der Waals surface area contributed by atoms with Crippen LogP contribution in [0.5, 0.6) is 0 Å². The zero-order chi connectivity index (χ0) is 15.7. The predicted molar refractivity (Wildman–Crippen MR) is 80.1 cm³/mol. The lowest BCUT2D eigenvalue weighted by atomic mass is 10.2. The summed E-state index contributed by atoms with van der Waals surface area (Å²) < 4.78 is 10.9. The van der Waals surface area contributed by atoms with E-state index in [0.717, 1.165) is 4.47 Å². The van der Waals surface area contributed by atoms with Gasteiger partial charge in [0.25, 0.3) is 0 Å². The Kier molecular flexibility index (Phi) is 3.60. The van der Waals surface area contributed by atoms with Crippen molar-refractivity contribution < 1.29 is 18.9 Å². The van der Waals surface area contributed by atoms with E-state index in [0.29, 0.717) is 5.56 Å². The number of carbonyl (C=O) groups excluding carboxylic acids is 1. The highest BCUT2D eigenvalue weighted by Gasteiger charge is 2.25. The third-order valence-electron chi connectivity index (χ3n) is 2.78. The Bertz CT molecular complexity index is 820. The number of aliphatic imine (C=N–C) groups is 1. The molecule has 0 saturated heterocycles. The van der Waals surface area contributed by atoms with Crippen molar-refractivity contribution in [2.45, 2.75) is 0 Å². The van der Waals surface area contributed by atoms with Gasteiger partial charge in [0.15, 0.2) is 5.70 Å². The highest BCUT2D eigenvalue weighted by Crippen LogP contribution is 2.23. The first-order valence-corrected chi connectivity index (χ1v) is 6.85. The van der Waals surface area contributed by atoms with Crippen molar-refractivity contribution in [1.29, 1.82) is 0 Å². The number of nitrogens with zero attached hydrogens (tertiary/aromatic N) is 2. The molecule has 8 heteroatoms. The van der Waals surface area contributed by atoms with Crippen LogP contribution in [-0.2, 0) is 9.53 Å². The predicted octanol–water partition coefficient (Wildman–Crippen LogP) is 3.29. The van der Waals surface area contributed by atoms with Gasteiger partial charge in [-0.1, -0.05) is 15.9 Å². The van der Waals surface area contributed by atoms with Gasteiger partial charge in [0.1, 0.15) is 10.7 Å². The second kappa shape index (κ2) is 5.57. The summed E-state index contributed by atoms with van der Waals surface area (Å²) >= 11 is 3.31. The number of furan rings is 1. The molecule has 110 valence electrons. The molecule has 1 aliphatic rings. The van der Waals surface area contributed by atoms with Crippen LogP contribution in [0, 0.1) is 10.1 Å². The zero-order valence-corrected chi connectivity index (χ0v) is 12.4. The summed E-state index contributed by atoms with van der Waals surface area (Å²) in [7, 11) is 0. The number of cyclic esters (lactones) is 1. The third-order valence-corrected chi connectivity index (χ3v) is 3.31. The van der Waals surface area contributed by atoms with Gasteiger partial charge < -0.3 is 9.15 Å². The Balaban J connectivity index is 1.90. The van der Waals surface area contributed by atoms with E-state index in [1.807, 2.05) is 0 Å². The second-order valence-corrected chi connectivity index (χ2v) is 5.19. The molecule has 22 heavy (non-hydrogen) atoms. The molecule has 0 fully saturated rings. The minimum absolute atomic E-state index is 0.0159. The summed E-state index contributed by atoms with van der Waals surface area (Å²) in [5, 5.41) is 10.5. The average molecular weight is 363 g/mol. The lowest BCUT2D eigenvalue weighted by molar-refractivity contribution is -0.402. The van der Waals surface area contributed by atoms with Gasteiger partial charge in [-0.25, -0.2) is 9.79 Å². The number of nitro groups is 1. The third kappa shape index (κ3) is 2.82. The second-order valence-electron chi connectivity index (χ2n) is 4.28. The van der Waals surface area contributed by atoms with Gasteiger partial charge in [0.05, 0.1) is 6.07 Å². The summed E-state index contributed by atoms with van der Waals surface area (Å²) in [6, 6.07) is 9.66. The molecule has 1 aromatic carbocycles. The van der Waals surface area contributed by atoms with Crippen molar-refractivity contribution >= 4 is 39.8 Å². The van der Waals surface area contributed by atoms with Gasteiger partial charge in [-0.05, 0) is 30.3 Å². The van der Waals surface area contributed by atoms with Gasteiger partial charge in [-0.3, -0.25) is 10.1 Å². The number of hydrogen-bond acceptors (Lipinski definition) is 6. The van der Waals surface area contributed by atoms with Gasteiger partial charge in [-0.15, -0.1) is 0 Å². The molecule has 0 spiro atoms. The van der Waals surface area contributed by atoms with Crippen LogP contribution in [0.2, 0.25) is 0 Å². The summed E-state index contributed by atoms with van der Waals surface area (Å²) in [5.74, 6) is -0.725. The number of carbonyl (C=O) groups is 1. The normalized spacial score (nSPS) is 15.8. The molecule has 0 radical (unpaired) electrons. The number of hydrogen-bond donors (Lipinski definition) is 0. The maximum Gasteiger partial charge on any atom is 0.433 e. The highest BCUT2D eigenvalue weighted by molar-refractivity contribution is 9.10. The number of rotatable bonds is 3. The molecule has 7 nitrogen and oxygen atoms in total. The fraction of sp³-hybridized carbons (Fsp3) is 0. The fourth-order valence-corrected chi connectivity index (χ4v) is 2.04. The Morgan fingerprint density at radius 2 is 1.91 bits per heavy atom. The molecule has 0 saturated carbocycles. The first-order chi connectivity index (χ1) is 10.5. The van der Waals surface area contributed by atoms with Crippen LogP contribution < -0.4 is 0 Å². The van der Waals surface area contributed by atoms with E-state index in [1.54, 1.807) is 24.3 Å². The van der Waals surface area contributed by atoms with Crippen molar-refractivity contribution in [2.75, 3.05) is 0 Å². The molecular weight excluding hydrogens is 356 g/mol. The van der Waals surface area contributed by atoms with Crippen LogP contribution in [0.1, 0.15) is 11.3 Å². The van der Waals surface area contributed by atoms with Gasteiger partial charge in [-0.2, -0.15) is 0 Å². The van der Waals surface area contributed by atoms with Crippen LogP contribution in [0.25, 0.3) is 6.08 Å². The molecular formula is C14H7BrN2O5. The molecule has 3 rings (SSSR count). The van der Waals surface area contributed by atoms with E-state index >= 15 is 0 Å². The molecule has 0 aliphatic carbocycles. The Hall–Kier alpha value is -2.74. The number of benzene rings is 1. The van der Waals surface area contributed by atoms with Gasteiger partial charge in [0, 0.05) is 16.1 Å². The fourth-order valence-electron chi connectivity index (χ4n) is 1.78. The van der Waals surface area contributed by atoms with Gasteiger partial charge in [0.2, 0.25) is 5.90 Å². The van der Waals surface area contributed by atoms with E-state index in [2.05, 4.69) is 20.9 Å². The molecule has 2 heterocycles. The van der Waals surface area contributed by atoms with E-state index in [9.17, 15) is 14.9 Å². The van der Waals surface area contributed by atoms with Crippen LogP contribution in [0.15, 0.2) is 56.0 Å². The minimum atomic E-state index is -0.661. The maximum atomic E-state index is 11.8. The Labute approximate surface area is 132 Å². The lowest BCUT2D eigenvalue weighted by Gasteiger charge is -1.98. The first-order valence-electron chi connectivity index (χ1n) is 6.05. The van der Waals surface area contributed by atoms with E-state index in [-0.39, 0.29) is 17.4 Å². The van der Waals surface area contributed by atoms with Crippen LogP contribution in [-0.4, -0.2) is 16.8 Å². The summed E-state index contributed by atoms with van der Waals surface area (Å²) in [6.07, 6.45) is 1.29. The zero-order valence-electron chi connectivity index (χ0n) is 10.9. The quantitative estimate of drug-likeness (QED) is 0.361. The van der Waals surface area contributed by atoms with Crippen LogP contribution in [0.3, 0.4) is 0 Å². The molecule has 1 aliphatic heterocycles. The Morgan fingerprint density at radius 1 is 1.18 bits per heavy atom. The SMILES string of the molecule is O=C1OC(c2ccc(Br)cc2)=N/C1=C\c1ccc([N+](=O)[O-])o1. The molecule has 0 unspecified atom stereocenters. The van der Waals surface area contributed by atoms with Crippen molar-refractivity contribution in [3.63, 3.8) is 0 Å². The topological polar surface area (TPSA) is 94.9 Å². The van der Waals surface area contributed by atoms with E-state index in [4.69, 9.17) is 9.15 Å². The van der Waals surface area contributed by atoms with Crippen LogP contribution in [0.4, 0.5) is 5.88 Å². The van der Waals surface area contributed by atoms with Crippen molar-refractivity contribution in [1.82, 2.24) is 0 Å². The highest BCUT2D eigenvalue weighted by atomic mass is 79.9. The van der Waals surface area contributed by atoms with Crippen molar-refractivity contribution in [3.05, 3.63) is 68.0 Å². The largest absolute Gasteiger partial charge is 0.433 e. The minimum Gasteiger partial charge on any atom is -0.402 e. The average Bonchev–Trinajstić information content (AvgIpc) is 3.08. The molecule has 1 aromatic heterocycles. The molecule has 0 atom stereocenters. The monoisotopic (exact) mass is 362 g/mol. The van der Waals surface area contributed by atoms with E-state index < -0.39 is 16.8 Å². The lowest BCUT2D eigenvalue weighted by Crippen LogP contribution is -2.05. The Morgan fingerprint density at radius 3 is 2.55 bits per heavy atom. The van der Waals surface area contributed by atoms with Crippen molar-refractivity contribution in [3.8, 4) is 0 Å². The van der Waals surface area contributed by atoms with Crippen molar-refractivity contribution in [2.24, 2.45) is 4.99 Å². The van der Waals surface area contributed by atoms with E-state index in [1.165, 1.54) is 18.2 Å². The summed E-state index contributed by atoms with van der Waals surface area (Å²) in [5.41, 5.74) is 0.660. The number of halogens is 1. The first kappa shape index (κ1) is 14.2. The molecule has 2 aromatic rings. The number of ether oxygens (including phenoxy) is 1. The van der Waals surface area contributed by atoms with Gasteiger partial charge >= 0.3 is 11.9 Å². The smallest absolute Gasteiger partial charge is 0.402 e. The molecule has 0 bridgehead atoms. The molecule has 0 N–H and O–H groups in total. The molecule has 0 amide bonds. The summed E-state index contributed by atoms with van der Waals surface area (Å²) in [4.78, 5) is 25.7. The summed E-state index contributed by atoms with van der Waals surface area (Å²) in [6.45, 7) is 0. The maximum absolute atomic E-state index is 11.8. The number of esters is 1. The van der Waals surface area contributed by atoms with Crippen LogP contribution >= 0.6 is 15.9 Å².